The fraction of sp³-hybridized carbons (Fsp3) is 0.643. The molecular formula is C28H38ClF5N4O3. The van der Waals surface area contributed by atoms with E-state index >= 15 is 0 Å². The van der Waals surface area contributed by atoms with Crippen molar-refractivity contribution >= 4 is 36.4 Å². The Kier molecular flexibility index (Phi) is 11.1. The lowest BCUT2D eigenvalue weighted by molar-refractivity contribution is -0.175. The number of carbonyl (C=O) groups is 3. The average molecular weight is 609 g/mol. The quantitative estimate of drug-likeness (QED) is 0.276. The maximum atomic E-state index is 12.5. The normalized spacial score (nSPS) is 25.6. The zero-order chi connectivity index (χ0) is 31.3. The highest BCUT2D eigenvalue weighted by Crippen LogP contribution is 2.70. The van der Waals surface area contributed by atoms with Crippen LogP contribution < -0.4 is 10.6 Å². The van der Waals surface area contributed by atoms with Crippen molar-refractivity contribution in [2.75, 3.05) is 13.6 Å². The zero-order valence-corrected chi connectivity index (χ0v) is 24.5. The van der Waals surface area contributed by atoms with Gasteiger partial charge < -0.3 is 20.2 Å². The third-order valence-corrected chi connectivity index (χ3v) is 7.94. The van der Waals surface area contributed by atoms with Crippen molar-refractivity contribution in [3.05, 3.63) is 34.9 Å². The molecule has 0 aromatic heterocycles. The monoisotopic (exact) mass is 608 g/mol. The van der Waals surface area contributed by atoms with E-state index in [2.05, 4.69) is 27.6 Å². The van der Waals surface area contributed by atoms with Gasteiger partial charge in [0.1, 0.15) is 18.9 Å². The van der Waals surface area contributed by atoms with Gasteiger partial charge in [-0.05, 0) is 64.8 Å². The number of aliphatic imine (C=N–C) groups is 1. The second kappa shape index (κ2) is 13.1. The van der Waals surface area contributed by atoms with Crippen molar-refractivity contribution in [2.24, 2.45) is 10.4 Å². The number of benzene rings is 1. The SMILES string of the molecule is C=O.CC(F)(F)CCC=O.CN(Cc1ccc(Cl)cc1)C12CC(C3=N[C@@H](C(=O)NCCC(F)(F)F)C(C)(C)N3)(C1)C2. The minimum absolute atomic E-state index is 0.0491. The maximum absolute atomic E-state index is 12.5. The summed E-state index contributed by atoms with van der Waals surface area (Å²) >= 11 is 5.97. The Bertz CT molecular complexity index is 1070. The van der Waals surface area contributed by atoms with Gasteiger partial charge in [-0.1, -0.05) is 23.7 Å². The van der Waals surface area contributed by atoms with Crippen molar-refractivity contribution in [3.8, 4) is 0 Å². The van der Waals surface area contributed by atoms with Gasteiger partial charge in [0, 0.05) is 41.9 Å². The molecule has 0 unspecified atom stereocenters. The van der Waals surface area contributed by atoms with Crippen LogP contribution in [0.1, 0.15) is 64.9 Å². The largest absolute Gasteiger partial charge is 0.390 e. The average Bonchev–Trinajstić information content (AvgIpc) is 3.12. The van der Waals surface area contributed by atoms with Gasteiger partial charge in [-0.15, -0.1) is 0 Å². The van der Waals surface area contributed by atoms with Gasteiger partial charge in [-0.3, -0.25) is 14.7 Å². The molecule has 0 radical (unpaired) electrons. The van der Waals surface area contributed by atoms with Crippen LogP contribution in [0.4, 0.5) is 22.0 Å². The van der Waals surface area contributed by atoms with Crippen molar-refractivity contribution < 1.29 is 36.3 Å². The molecule has 1 aliphatic heterocycles. The Morgan fingerprint density at radius 3 is 2.17 bits per heavy atom. The summed E-state index contributed by atoms with van der Waals surface area (Å²) < 4.78 is 60.6. The van der Waals surface area contributed by atoms with E-state index in [-0.39, 0.29) is 23.8 Å². The van der Waals surface area contributed by atoms with Gasteiger partial charge in [0.2, 0.25) is 11.8 Å². The van der Waals surface area contributed by atoms with Crippen LogP contribution in [0.25, 0.3) is 0 Å². The Morgan fingerprint density at radius 1 is 1.15 bits per heavy atom. The van der Waals surface area contributed by atoms with Crippen molar-refractivity contribution in [2.45, 2.75) is 95.1 Å². The molecule has 3 fully saturated rings. The Morgan fingerprint density at radius 2 is 1.71 bits per heavy atom. The second-order valence-corrected chi connectivity index (χ2v) is 12.1. The van der Waals surface area contributed by atoms with Crippen molar-refractivity contribution in [3.63, 3.8) is 0 Å². The van der Waals surface area contributed by atoms with Crippen LogP contribution in [0.2, 0.25) is 5.02 Å². The number of nitrogens with zero attached hydrogens (tertiary/aromatic N) is 2. The van der Waals surface area contributed by atoms with Crippen LogP contribution in [-0.4, -0.2) is 72.5 Å². The van der Waals surface area contributed by atoms with E-state index in [1.165, 1.54) is 5.56 Å². The molecule has 230 valence electrons. The number of halogens is 6. The smallest absolute Gasteiger partial charge is 0.366 e. The van der Waals surface area contributed by atoms with Crippen molar-refractivity contribution in [1.82, 2.24) is 15.5 Å². The summed E-state index contributed by atoms with van der Waals surface area (Å²) in [5.74, 6) is -2.31. The van der Waals surface area contributed by atoms with E-state index in [1.54, 1.807) is 0 Å². The van der Waals surface area contributed by atoms with E-state index in [9.17, 15) is 31.5 Å². The number of hydrogen-bond acceptors (Lipinski definition) is 6. The highest BCUT2D eigenvalue weighted by atomic mass is 35.5. The molecule has 1 amide bonds. The summed E-state index contributed by atoms with van der Waals surface area (Å²) in [7, 11) is 2.13. The van der Waals surface area contributed by atoms with Gasteiger partial charge in [-0.25, -0.2) is 8.78 Å². The first kappa shape index (κ1) is 34.6. The van der Waals surface area contributed by atoms with Crippen LogP contribution in [-0.2, 0) is 20.9 Å². The fourth-order valence-electron chi connectivity index (χ4n) is 5.51. The molecule has 5 rings (SSSR count). The van der Waals surface area contributed by atoms with Gasteiger partial charge >= 0.3 is 6.18 Å². The van der Waals surface area contributed by atoms with Crippen LogP contribution in [0.5, 0.6) is 0 Å². The van der Waals surface area contributed by atoms with Crippen LogP contribution in [0.15, 0.2) is 29.3 Å². The second-order valence-electron chi connectivity index (χ2n) is 11.7. The molecule has 41 heavy (non-hydrogen) atoms. The van der Waals surface area contributed by atoms with Gasteiger partial charge in [0.15, 0.2) is 6.04 Å². The summed E-state index contributed by atoms with van der Waals surface area (Å²) in [4.78, 5) is 37.0. The molecule has 2 bridgehead atoms. The molecule has 0 spiro atoms. The van der Waals surface area contributed by atoms with Crippen molar-refractivity contribution in [1.29, 1.82) is 0 Å². The molecule has 1 aromatic rings. The van der Waals surface area contributed by atoms with E-state index in [1.807, 2.05) is 44.9 Å². The molecular weight excluding hydrogens is 571 g/mol. The van der Waals surface area contributed by atoms with E-state index in [4.69, 9.17) is 16.4 Å². The highest BCUT2D eigenvalue weighted by Gasteiger charge is 2.72. The summed E-state index contributed by atoms with van der Waals surface area (Å²) in [5.41, 5.74) is 0.668. The number of rotatable bonds is 10. The van der Waals surface area contributed by atoms with Crippen LogP contribution in [0, 0.1) is 5.41 Å². The van der Waals surface area contributed by atoms with E-state index < -0.39 is 42.6 Å². The molecule has 3 saturated carbocycles. The van der Waals surface area contributed by atoms with Crippen LogP contribution in [0.3, 0.4) is 0 Å². The maximum Gasteiger partial charge on any atom is 0.390 e. The number of carbonyl (C=O) groups excluding carboxylic acids is 3. The lowest BCUT2D eigenvalue weighted by Gasteiger charge is -2.73. The fourth-order valence-corrected chi connectivity index (χ4v) is 5.64. The molecule has 1 heterocycles. The minimum Gasteiger partial charge on any atom is -0.366 e. The molecule has 3 aliphatic carbocycles. The van der Waals surface area contributed by atoms with Gasteiger partial charge in [0.05, 0.1) is 12.0 Å². The molecule has 13 heteroatoms. The number of amidine groups is 1. The van der Waals surface area contributed by atoms with Gasteiger partial charge in [-0.2, -0.15) is 13.2 Å². The van der Waals surface area contributed by atoms with E-state index in [0.29, 0.717) is 6.29 Å². The number of nitrogens with one attached hydrogen (secondary N) is 2. The summed E-state index contributed by atoms with van der Waals surface area (Å²) in [6, 6.07) is 7.13. The summed E-state index contributed by atoms with van der Waals surface area (Å²) in [6.45, 7) is 6.94. The topological polar surface area (TPSA) is 90.9 Å². The number of alkyl halides is 5. The Labute approximate surface area is 242 Å². The van der Waals surface area contributed by atoms with E-state index in [0.717, 1.165) is 43.6 Å². The Balaban J connectivity index is 0.000000509. The molecule has 2 N–H and O–H groups in total. The predicted octanol–water partition coefficient (Wildman–Crippen LogP) is 5.35. The van der Waals surface area contributed by atoms with Gasteiger partial charge in [0.25, 0.3) is 0 Å². The number of amides is 1. The van der Waals surface area contributed by atoms with Crippen LogP contribution >= 0.6 is 11.6 Å². The Hall–Kier alpha value is -2.60. The third kappa shape index (κ3) is 8.94. The predicted molar refractivity (Wildman–Crippen MR) is 147 cm³/mol. The molecule has 1 atom stereocenters. The lowest BCUT2D eigenvalue weighted by Crippen LogP contribution is -2.77. The third-order valence-electron chi connectivity index (χ3n) is 7.69. The molecule has 1 aromatic carbocycles. The zero-order valence-electron chi connectivity index (χ0n) is 23.7. The number of aldehydes is 1. The minimum atomic E-state index is -4.29. The molecule has 7 nitrogen and oxygen atoms in total. The first-order valence-electron chi connectivity index (χ1n) is 13.2. The molecule has 4 aliphatic rings. The number of hydrogen-bond donors (Lipinski definition) is 2. The first-order valence-corrected chi connectivity index (χ1v) is 13.6. The highest BCUT2D eigenvalue weighted by molar-refractivity contribution is 6.30. The standard InChI is InChI=1S/C22H28ClF3N4O.C5H8F2O.CH2O/c1-19(2)16(17(31)27-9-8-22(24,25)26)28-18(29-19)20-11-21(12-20,13-20)30(3)10-14-4-6-15(23)7-5-14;1-5(6,7)3-2-4-8;1-2/h4-7,16H,8-13H2,1-3H3,(H,27,31)(H,28,29);4H,2-3H2,1H3;1H2/t16-,20?,21?;;/m0../s1. The first-order chi connectivity index (χ1) is 18.9. The summed E-state index contributed by atoms with van der Waals surface area (Å²) in [5, 5.41) is 6.51. The summed E-state index contributed by atoms with van der Waals surface area (Å²) in [6.07, 6.45) is -2.32. The molecule has 0 saturated heterocycles. The lowest BCUT2D eigenvalue weighted by atomic mass is 9.38.